The van der Waals surface area contributed by atoms with E-state index in [9.17, 15) is 4.79 Å². The monoisotopic (exact) mass is 334 g/mol. The molecule has 2 heterocycles. The first-order valence-electron chi connectivity index (χ1n) is 8.30. The lowest BCUT2D eigenvalue weighted by Gasteiger charge is -2.18. The number of fused-ring (bicyclic) bond motifs is 1. The van der Waals surface area contributed by atoms with Crippen molar-refractivity contribution in [3.8, 4) is 22.6 Å². The van der Waals surface area contributed by atoms with Gasteiger partial charge in [0.05, 0.1) is 6.20 Å². The summed E-state index contributed by atoms with van der Waals surface area (Å²) in [4.78, 5) is 12.4. The molecule has 4 rings (SSSR count). The number of ether oxygens (including phenoxy) is 2. The molecule has 0 spiro atoms. The van der Waals surface area contributed by atoms with Crippen molar-refractivity contribution in [1.29, 1.82) is 0 Å². The van der Waals surface area contributed by atoms with Crippen molar-refractivity contribution in [3.05, 3.63) is 66.5 Å². The molecule has 3 aromatic rings. The van der Waals surface area contributed by atoms with Crippen LogP contribution in [0.2, 0.25) is 0 Å². The molecular formula is C20H18N2O3. The Morgan fingerprint density at radius 3 is 2.64 bits per heavy atom. The zero-order valence-electron chi connectivity index (χ0n) is 13.7. The minimum absolute atomic E-state index is 0.0636. The van der Waals surface area contributed by atoms with Gasteiger partial charge in [0.2, 0.25) is 0 Å². The second-order valence-corrected chi connectivity index (χ2v) is 5.89. The van der Waals surface area contributed by atoms with E-state index < -0.39 is 0 Å². The van der Waals surface area contributed by atoms with Crippen molar-refractivity contribution >= 4 is 5.78 Å². The molecular weight excluding hydrogens is 316 g/mol. The van der Waals surface area contributed by atoms with Gasteiger partial charge in [0.15, 0.2) is 17.3 Å². The molecule has 0 saturated carbocycles. The quantitative estimate of drug-likeness (QED) is 0.669. The van der Waals surface area contributed by atoms with Gasteiger partial charge in [0.1, 0.15) is 13.2 Å². The second kappa shape index (κ2) is 6.81. The number of hydrogen-bond acceptors (Lipinski definition) is 4. The maximum atomic E-state index is 12.4. The Morgan fingerprint density at radius 2 is 1.80 bits per heavy atom. The predicted octanol–water partition coefficient (Wildman–Crippen LogP) is 3.59. The number of aryl methyl sites for hydroxylation is 1. The summed E-state index contributed by atoms with van der Waals surface area (Å²) < 4.78 is 12.8. The molecule has 5 heteroatoms. The van der Waals surface area contributed by atoms with Gasteiger partial charge in [-0.3, -0.25) is 9.48 Å². The third-order valence-electron chi connectivity index (χ3n) is 4.17. The molecule has 25 heavy (non-hydrogen) atoms. The van der Waals surface area contributed by atoms with Crippen LogP contribution in [0.1, 0.15) is 16.8 Å². The van der Waals surface area contributed by atoms with Crippen molar-refractivity contribution in [1.82, 2.24) is 9.78 Å². The first-order valence-corrected chi connectivity index (χ1v) is 8.30. The molecule has 1 aliphatic heterocycles. The highest BCUT2D eigenvalue weighted by Crippen LogP contribution is 2.31. The third kappa shape index (κ3) is 3.40. The molecule has 0 unspecified atom stereocenters. The van der Waals surface area contributed by atoms with E-state index in [0.29, 0.717) is 43.2 Å². The van der Waals surface area contributed by atoms with Crippen LogP contribution in [0.25, 0.3) is 11.1 Å². The Hall–Kier alpha value is -3.08. The van der Waals surface area contributed by atoms with Crippen LogP contribution in [0.15, 0.2) is 60.9 Å². The topological polar surface area (TPSA) is 53.4 Å². The molecule has 0 bridgehead atoms. The van der Waals surface area contributed by atoms with Crippen molar-refractivity contribution in [3.63, 3.8) is 0 Å². The van der Waals surface area contributed by atoms with E-state index >= 15 is 0 Å². The van der Waals surface area contributed by atoms with Gasteiger partial charge in [-0.15, -0.1) is 0 Å². The standard InChI is InChI=1S/C20H18N2O3/c23-18(16-6-7-19-20(12-16)25-11-10-24-19)8-9-22-14-17(13-21-22)15-4-2-1-3-5-15/h1-7,12-14H,8-11H2. The molecule has 0 radical (unpaired) electrons. The first-order chi connectivity index (χ1) is 12.3. The van der Waals surface area contributed by atoms with Gasteiger partial charge in [0.25, 0.3) is 0 Å². The van der Waals surface area contributed by atoms with Crippen molar-refractivity contribution in [2.75, 3.05) is 13.2 Å². The van der Waals surface area contributed by atoms with Crippen LogP contribution in [-0.2, 0) is 6.54 Å². The van der Waals surface area contributed by atoms with Crippen molar-refractivity contribution in [2.45, 2.75) is 13.0 Å². The van der Waals surface area contributed by atoms with Crippen LogP contribution in [0, 0.1) is 0 Å². The van der Waals surface area contributed by atoms with Gasteiger partial charge in [-0.25, -0.2) is 0 Å². The molecule has 2 aromatic carbocycles. The van der Waals surface area contributed by atoms with E-state index in [-0.39, 0.29) is 5.78 Å². The highest BCUT2D eigenvalue weighted by atomic mass is 16.6. The van der Waals surface area contributed by atoms with Crippen LogP contribution in [0.4, 0.5) is 0 Å². The summed E-state index contributed by atoms with van der Waals surface area (Å²) in [6, 6.07) is 15.4. The SMILES string of the molecule is O=C(CCn1cc(-c2ccccc2)cn1)c1ccc2c(c1)OCCO2. The molecule has 0 saturated heterocycles. The van der Waals surface area contributed by atoms with Crippen LogP contribution < -0.4 is 9.47 Å². The number of Topliss-reactive ketones (excluding diaryl/α,β-unsaturated/α-hetero) is 1. The predicted molar refractivity (Wildman–Crippen MR) is 94.0 cm³/mol. The van der Waals surface area contributed by atoms with E-state index in [2.05, 4.69) is 5.10 Å². The van der Waals surface area contributed by atoms with E-state index in [1.807, 2.05) is 42.7 Å². The van der Waals surface area contributed by atoms with Gasteiger partial charge in [-0.2, -0.15) is 5.10 Å². The third-order valence-corrected chi connectivity index (χ3v) is 4.17. The minimum Gasteiger partial charge on any atom is -0.486 e. The Balaban J connectivity index is 1.41. The molecule has 0 aliphatic carbocycles. The summed E-state index contributed by atoms with van der Waals surface area (Å²) in [7, 11) is 0. The maximum Gasteiger partial charge on any atom is 0.164 e. The van der Waals surface area contributed by atoms with Gasteiger partial charge >= 0.3 is 0 Å². The summed E-state index contributed by atoms with van der Waals surface area (Å²) in [5.74, 6) is 1.40. The highest BCUT2D eigenvalue weighted by Gasteiger charge is 2.15. The number of ketones is 1. The molecule has 0 atom stereocenters. The minimum atomic E-state index is 0.0636. The van der Waals surface area contributed by atoms with E-state index in [4.69, 9.17) is 9.47 Å². The summed E-state index contributed by atoms with van der Waals surface area (Å²) in [6.07, 6.45) is 4.17. The maximum absolute atomic E-state index is 12.4. The van der Waals surface area contributed by atoms with Crippen LogP contribution in [0.5, 0.6) is 11.5 Å². The summed E-state index contributed by atoms with van der Waals surface area (Å²) in [6.45, 7) is 1.60. The fourth-order valence-electron chi connectivity index (χ4n) is 2.84. The van der Waals surface area contributed by atoms with Gasteiger partial charge < -0.3 is 9.47 Å². The van der Waals surface area contributed by atoms with Crippen molar-refractivity contribution < 1.29 is 14.3 Å². The Morgan fingerprint density at radius 1 is 1.00 bits per heavy atom. The molecule has 1 aromatic heterocycles. The van der Waals surface area contributed by atoms with Crippen LogP contribution in [-0.4, -0.2) is 28.8 Å². The Kier molecular flexibility index (Phi) is 4.21. The smallest absolute Gasteiger partial charge is 0.164 e. The average Bonchev–Trinajstić information content (AvgIpc) is 3.15. The van der Waals surface area contributed by atoms with Gasteiger partial charge in [-0.05, 0) is 23.8 Å². The van der Waals surface area contributed by atoms with Gasteiger partial charge in [-0.1, -0.05) is 30.3 Å². The molecule has 0 fully saturated rings. The van der Waals surface area contributed by atoms with Crippen LogP contribution in [0.3, 0.4) is 0 Å². The fourth-order valence-corrected chi connectivity index (χ4v) is 2.84. The number of hydrogen-bond donors (Lipinski definition) is 0. The molecule has 0 N–H and O–H groups in total. The molecule has 126 valence electrons. The zero-order chi connectivity index (χ0) is 17.1. The fraction of sp³-hybridized carbons (Fsp3) is 0.200. The normalized spacial score (nSPS) is 12.8. The number of aromatic nitrogens is 2. The lowest BCUT2D eigenvalue weighted by molar-refractivity contribution is 0.0974. The molecule has 1 aliphatic rings. The lowest BCUT2D eigenvalue weighted by Crippen LogP contribution is -2.16. The van der Waals surface area contributed by atoms with Gasteiger partial charge in [0, 0.05) is 30.3 Å². The largest absolute Gasteiger partial charge is 0.486 e. The Bertz CT molecular complexity index is 887. The number of carbonyl (C=O) groups is 1. The summed E-state index contributed by atoms with van der Waals surface area (Å²) in [5, 5.41) is 4.35. The number of carbonyl (C=O) groups excluding carboxylic acids is 1. The molecule has 5 nitrogen and oxygen atoms in total. The summed E-state index contributed by atoms with van der Waals surface area (Å²) in [5.41, 5.74) is 2.80. The second-order valence-electron chi connectivity index (χ2n) is 5.89. The highest BCUT2D eigenvalue weighted by molar-refractivity contribution is 5.96. The number of rotatable bonds is 5. The molecule has 0 amide bonds. The number of benzene rings is 2. The van der Waals surface area contributed by atoms with Crippen LogP contribution >= 0.6 is 0 Å². The van der Waals surface area contributed by atoms with E-state index in [0.717, 1.165) is 11.1 Å². The Labute approximate surface area is 145 Å². The first kappa shape index (κ1) is 15.4. The average molecular weight is 334 g/mol. The van der Waals surface area contributed by atoms with E-state index in [1.165, 1.54) is 0 Å². The zero-order valence-corrected chi connectivity index (χ0v) is 13.7. The van der Waals surface area contributed by atoms with Crippen molar-refractivity contribution in [2.24, 2.45) is 0 Å². The lowest BCUT2D eigenvalue weighted by atomic mass is 10.1. The number of nitrogens with zero attached hydrogens (tertiary/aromatic N) is 2. The van der Waals surface area contributed by atoms with E-state index in [1.54, 1.807) is 22.9 Å². The summed E-state index contributed by atoms with van der Waals surface area (Å²) >= 11 is 0.